The first-order valence-corrected chi connectivity index (χ1v) is 5.86. The Labute approximate surface area is 104 Å². The van der Waals surface area contributed by atoms with Crippen LogP contribution in [0.5, 0.6) is 0 Å². The first kappa shape index (κ1) is 12.7. The Morgan fingerprint density at radius 2 is 1.72 bits per heavy atom. The number of carbonyl (C=O) groups is 1. The number of hydrogen-bond acceptors (Lipinski definition) is 1. The van der Waals surface area contributed by atoms with Crippen molar-refractivity contribution in [2.24, 2.45) is 5.92 Å². The van der Waals surface area contributed by atoms with E-state index in [4.69, 9.17) is 5.11 Å². The van der Waals surface area contributed by atoms with Crippen molar-refractivity contribution in [3.8, 4) is 0 Å². The lowest BCUT2D eigenvalue weighted by Crippen LogP contribution is -2.06. The molecule has 0 heterocycles. The van der Waals surface area contributed by atoms with Crippen molar-refractivity contribution in [2.75, 3.05) is 0 Å². The van der Waals surface area contributed by atoms with Crippen molar-refractivity contribution in [3.05, 3.63) is 42.0 Å². The number of rotatable bonds is 3. The van der Waals surface area contributed by atoms with Gasteiger partial charge in [-0.25, -0.2) is 13.6 Å². The molecule has 1 aromatic rings. The Kier molecular flexibility index (Phi) is 3.75. The third-order valence-corrected chi connectivity index (χ3v) is 3.17. The first-order chi connectivity index (χ1) is 8.58. The maximum absolute atomic E-state index is 13.1. The number of aliphatic carboxylic acids is 1. The lowest BCUT2D eigenvalue weighted by Gasteiger charge is -2.06. The lowest BCUT2D eigenvalue weighted by molar-refractivity contribution is -0.130. The van der Waals surface area contributed by atoms with E-state index in [1.807, 2.05) is 0 Å². The van der Waals surface area contributed by atoms with Crippen LogP contribution in [0.1, 0.15) is 18.4 Å². The van der Waals surface area contributed by atoms with Crippen LogP contribution in [0.2, 0.25) is 0 Å². The highest BCUT2D eigenvalue weighted by molar-refractivity contribution is 6.15. The number of carboxylic acid groups (broad SMARTS) is 1. The van der Waals surface area contributed by atoms with Gasteiger partial charge in [-0.05, 0) is 24.3 Å². The van der Waals surface area contributed by atoms with E-state index in [1.165, 1.54) is 6.08 Å². The molecule has 0 aliphatic heterocycles. The molecule has 0 amide bonds. The number of carboxylic acids is 1. The smallest absolute Gasteiger partial charge is 0.335 e. The fourth-order valence-corrected chi connectivity index (χ4v) is 2.25. The summed E-state index contributed by atoms with van der Waals surface area (Å²) in [7, 11) is 0. The summed E-state index contributed by atoms with van der Waals surface area (Å²) < 4.78 is 26.1. The fraction of sp³-hybridized carbons (Fsp3) is 0.357. The van der Waals surface area contributed by atoms with Gasteiger partial charge in [-0.1, -0.05) is 36.4 Å². The molecule has 1 fully saturated rings. The van der Waals surface area contributed by atoms with Crippen molar-refractivity contribution < 1.29 is 18.7 Å². The summed E-state index contributed by atoms with van der Waals surface area (Å²) in [6, 6.07) is 8.60. The number of halogens is 2. The van der Waals surface area contributed by atoms with E-state index >= 15 is 0 Å². The second-order valence-electron chi connectivity index (χ2n) is 4.51. The van der Waals surface area contributed by atoms with Crippen LogP contribution in [0, 0.1) is 5.92 Å². The van der Waals surface area contributed by atoms with E-state index in [2.05, 4.69) is 0 Å². The molecule has 1 aliphatic rings. The van der Waals surface area contributed by atoms with Crippen molar-refractivity contribution in [1.82, 2.24) is 0 Å². The van der Waals surface area contributed by atoms with E-state index < -0.39 is 18.3 Å². The molecular weight excluding hydrogens is 238 g/mol. The Balaban J connectivity index is 2.24. The molecule has 0 unspecified atom stereocenters. The molecule has 0 saturated heterocycles. The van der Waals surface area contributed by atoms with Gasteiger partial charge in [-0.2, -0.15) is 0 Å². The van der Waals surface area contributed by atoms with Crippen LogP contribution in [0.25, 0.3) is 5.57 Å². The van der Waals surface area contributed by atoms with E-state index in [1.54, 1.807) is 30.3 Å². The van der Waals surface area contributed by atoms with Crippen molar-refractivity contribution in [3.63, 3.8) is 0 Å². The molecule has 4 heteroatoms. The molecule has 96 valence electrons. The summed E-state index contributed by atoms with van der Waals surface area (Å²) in [5, 5.41) is 9.16. The summed E-state index contributed by atoms with van der Waals surface area (Å²) in [6.45, 7) is 0. The van der Waals surface area contributed by atoms with Gasteiger partial charge in [-0.15, -0.1) is 0 Å². The zero-order valence-electron chi connectivity index (χ0n) is 9.72. The molecule has 0 spiro atoms. The summed E-state index contributed by atoms with van der Waals surface area (Å²) >= 11 is 0. The second-order valence-corrected chi connectivity index (χ2v) is 4.51. The van der Waals surface area contributed by atoms with Gasteiger partial charge in [0, 0.05) is 0 Å². The van der Waals surface area contributed by atoms with Gasteiger partial charge in [0.15, 0.2) is 0 Å². The van der Waals surface area contributed by atoms with Crippen molar-refractivity contribution in [2.45, 2.75) is 25.2 Å². The Bertz CT molecular complexity index is 446. The van der Waals surface area contributed by atoms with E-state index in [0.717, 1.165) is 0 Å². The van der Waals surface area contributed by atoms with Gasteiger partial charge in [0.05, 0.1) is 5.57 Å². The van der Waals surface area contributed by atoms with Gasteiger partial charge in [-0.3, -0.25) is 0 Å². The molecule has 2 nitrogen and oxygen atoms in total. The van der Waals surface area contributed by atoms with Gasteiger partial charge < -0.3 is 5.11 Å². The van der Waals surface area contributed by atoms with Gasteiger partial charge >= 0.3 is 5.97 Å². The summed E-state index contributed by atoms with van der Waals surface area (Å²) in [5.74, 6) is -1.42. The molecule has 3 atom stereocenters. The standard InChI is InChI=1S/C14H14F2O2/c15-12-7-9(8-13(12)16)6-11(14(17)18)10-4-2-1-3-5-10/h1-6,9,12-13H,7-8H2,(H,17,18)/b11-6+/t9-,12+,13-. The second kappa shape index (κ2) is 5.29. The van der Waals surface area contributed by atoms with Crippen LogP contribution < -0.4 is 0 Å². The van der Waals surface area contributed by atoms with Gasteiger partial charge in [0.1, 0.15) is 12.3 Å². The highest BCUT2D eigenvalue weighted by Crippen LogP contribution is 2.33. The normalized spacial score (nSPS) is 28.3. The van der Waals surface area contributed by atoms with E-state index in [9.17, 15) is 13.6 Å². The van der Waals surface area contributed by atoms with E-state index in [0.29, 0.717) is 5.56 Å². The zero-order chi connectivity index (χ0) is 13.1. The third kappa shape index (κ3) is 2.75. The first-order valence-electron chi connectivity index (χ1n) is 5.86. The maximum atomic E-state index is 13.1. The molecule has 2 rings (SSSR count). The molecule has 18 heavy (non-hydrogen) atoms. The average Bonchev–Trinajstić information content (AvgIpc) is 2.66. The van der Waals surface area contributed by atoms with Crippen LogP contribution in [-0.2, 0) is 4.79 Å². The maximum Gasteiger partial charge on any atom is 0.335 e. The lowest BCUT2D eigenvalue weighted by atomic mass is 9.99. The molecule has 0 radical (unpaired) electrons. The monoisotopic (exact) mass is 252 g/mol. The minimum absolute atomic E-state index is 0.0603. The summed E-state index contributed by atoms with van der Waals surface area (Å²) in [4.78, 5) is 11.2. The largest absolute Gasteiger partial charge is 0.478 e. The van der Waals surface area contributed by atoms with Crippen LogP contribution in [0.3, 0.4) is 0 Å². The van der Waals surface area contributed by atoms with Crippen LogP contribution >= 0.6 is 0 Å². The Hall–Kier alpha value is -1.71. The molecule has 1 saturated carbocycles. The van der Waals surface area contributed by atoms with Crippen LogP contribution in [-0.4, -0.2) is 23.4 Å². The average molecular weight is 252 g/mol. The van der Waals surface area contributed by atoms with Gasteiger partial charge in [0.2, 0.25) is 0 Å². The molecule has 1 aliphatic carbocycles. The Morgan fingerprint density at radius 1 is 1.17 bits per heavy atom. The Morgan fingerprint density at radius 3 is 2.22 bits per heavy atom. The van der Waals surface area contributed by atoms with Crippen LogP contribution in [0.15, 0.2) is 36.4 Å². The number of alkyl halides is 2. The third-order valence-electron chi connectivity index (χ3n) is 3.17. The minimum Gasteiger partial charge on any atom is -0.478 e. The molecular formula is C14H14F2O2. The number of benzene rings is 1. The van der Waals surface area contributed by atoms with Crippen molar-refractivity contribution in [1.29, 1.82) is 0 Å². The predicted molar refractivity (Wildman–Crippen MR) is 64.6 cm³/mol. The van der Waals surface area contributed by atoms with E-state index in [-0.39, 0.29) is 24.3 Å². The highest BCUT2D eigenvalue weighted by Gasteiger charge is 2.34. The summed E-state index contributed by atoms with van der Waals surface area (Å²) in [6.07, 6.45) is -1.35. The quantitative estimate of drug-likeness (QED) is 0.838. The minimum atomic E-state index is -1.47. The molecule has 0 aromatic heterocycles. The fourth-order valence-electron chi connectivity index (χ4n) is 2.25. The SMILES string of the molecule is O=C(O)/C(=C/[C@H]1C[C@@H](F)[C@@H](F)C1)c1ccccc1. The predicted octanol–water partition coefficient (Wildman–Crippen LogP) is 3.24. The topological polar surface area (TPSA) is 37.3 Å². The number of allylic oxidation sites excluding steroid dienone is 1. The molecule has 0 bridgehead atoms. The van der Waals surface area contributed by atoms with Crippen molar-refractivity contribution >= 4 is 11.5 Å². The highest BCUT2D eigenvalue weighted by atomic mass is 19.2. The number of hydrogen-bond donors (Lipinski definition) is 1. The molecule has 1 N–H and O–H groups in total. The van der Waals surface area contributed by atoms with Crippen LogP contribution in [0.4, 0.5) is 8.78 Å². The summed E-state index contributed by atoms with van der Waals surface area (Å²) in [5.41, 5.74) is 0.671. The zero-order valence-corrected chi connectivity index (χ0v) is 9.72. The van der Waals surface area contributed by atoms with Gasteiger partial charge in [0.25, 0.3) is 0 Å². The molecule has 1 aromatic carbocycles.